The molecule has 0 aromatic rings. The third kappa shape index (κ3) is 7.50. The Labute approximate surface area is 201 Å². The molecular weight excluding hydrogens is 672 g/mol. The van der Waals surface area contributed by atoms with E-state index in [0.29, 0.717) is 0 Å². The number of rotatable bonds is 9. The Morgan fingerprint density at radius 1 is 0.500 bits per heavy atom. The highest BCUT2D eigenvalue weighted by Gasteiger charge is 2.91. The molecule has 0 rings (SSSR count). The maximum absolute atomic E-state index is 12.0. The Bertz CT molecular complexity index is 1380. The summed E-state index contributed by atoms with van der Waals surface area (Å²) in [7, 11) is -44.5. The molecule has 0 fully saturated rings. The lowest BCUT2D eigenvalue weighted by Gasteiger charge is -2.35. The van der Waals surface area contributed by atoms with Crippen LogP contribution in [0, 0.1) is 0 Å². The first kappa shape index (κ1) is 36.6. The van der Waals surface area contributed by atoms with Gasteiger partial charge in [-0.1, -0.05) is 0 Å². The molecule has 0 saturated carbocycles. The normalized spacial score (nSPS) is 14.4. The van der Waals surface area contributed by atoms with Crippen molar-refractivity contribution < 1.29 is 109 Å². The molecule has 0 unspecified atom stereocenters. The van der Waals surface area contributed by atoms with Crippen molar-refractivity contribution in [2.75, 3.05) is 0 Å². The second kappa shape index (κ2) is 10.7. The number of carbonyl (C=O) groups excluding carboxylic acids is 2. The molecule has 0 aliphatic rings. The first-order valence-corrected chi connectivity index (χ1v) is 15.9. The summed E-state index contributed by atoms with van der Waals surface area (Å²) in [6.45, 7) is 0. The van der Waals surface area contributed by atoms with Crippen molar-refractivity contribution in [3.8, 4) is 0 Å². The summed E-state index contributed by atoms with van der Waals surface area (Å²) in [5.41, 5.74) is 0. The molecular formula is C4H8O25S7. The SMILES string of the molecule is O=C(OS(=O)(=O)O)C(C(C(=O)OS(=O)(=O)O)(S(=O)(=O)O)S(=O)(=O)O)(S(=O)(=O)O)S(=O)(=O)O.O=S(O)O. The van der Waals surface area contributed by atoms with Gasteiger partial charge >= 0.3 is 81.4 Å². The van der Waals surface area contributed by atoms with Gasteiger partial charge in [-0.15, -0.1) is 0 Å². The molecule has 0 saturated heterocycles. The van der Waals surface area contributed by atoms with E-state index in [1.54, 1.807) is 0 Å². The number of hydrogen-bond acceptors (Lipinski definition) is 17. The van der Waals surface area contributed by atoms with Gasteiger partial charge in [0.15, 0.2) is 0 Å². The Morgan fingerprint density at radius 3 is 0.722 bits per heavy atom. The second-order valence-electron chi connectivity index (χ2n) is 4.96. The summed E-state index contributed by atoms with van der Waals surface area (Å²) < 4.78 is 204. The van der Waals surface area contributed by atoms with Gasteiger partial charge in [-0.05, 0) is 0 Å². The summed E-state index contributed by atoms with van der Waals surface area (Å²) in [6, 6.07) is 0. The van der Waals surface area contributed by atoms with E-state index in [1.807, 2.05) is 0 Å². The van der Waals surface area contributed by atoms with Crippen LogP contribution in [0.15, 0.2) is 0 Å². The van der Waals surface area contributed by atoms with Gasteiger partial charge in [-0.25, -0.2) is 9.59 Å². The van der Waals surface area contributed by atoms with E-state index in [0.717, 1.165) is 0 Å². The fraction of sp³-hybridized carbons (Fsp3) is 0.500. The summed E-state index contributed by atoms with van der Waals surface area (Å²) in [5, 5.41) is 0. The van der Waals surface area contributed by atoms with E-state index < -0.39 is 92.7 Å². The van der Waals surface area contributed by atoms with Crippen LogP contribution in [0.25, 0.3) is 0 Å². The fourth-order valence-corrected chi connectivity index (χ4v) is 10.1. The standard InChI is InChI=1S/C4H6O22S6.H2O3S/c5-1(25-31(19,20)21)3(27(7,8)9,28(10,11)12)4(29(13,14)15,30(16,17)18)2(6)26-32(22,23)24;1-4(2)3/h(H,7,8,9)(H,10,11,12)(H,13,14,15)(H,16,17,18)(H,19,20,21)(H,22,23,24);(H2,1,2,3). The predicted molar refractivity (Wildman–Crippen MR) is 100 cm³/mol. The van der Waals surface area contributed by atoms with Crippen molar-refractivity contribution in [3.05, 3.63) is 0 Å². The van der Waals surface area contributed by atoms with Crippen LogP contribution in [0.4, 0.5) is 0 Å². The van der Waals surface area contributed by atoms with Gasteiger partial charge in [0.05, 0.1) is 0 Å². The molecule has 0 aliphatic heterocycles. The maximum atomic E-state index is 12.0. The van der Waals surface area contributed by atoms with Gasteiger partial charge in [0.25, 0.3) is 11.4 Å². The molecule has 0 heterocycles. The third-order valence-electron chi connectivity index (χ3n) is 2.79. The van der Waals surface area contributed by atoms with Gasteiger partial charge in [0.1, 0.15) is 0 Å². The highest BCUT2D eigenvalue weighted by molar-refractivity contribution is 8.14. The minimum atomic E-state index is -7.82. The van der Waals surface area contributed by atoms with Crippen LogP contribution < -0.4 is 0 Å². The molecule has 0 bridgehead atoms. The zero-order valence-electron chi connectivity index (χ0n) is 15.4. The predicted octanol–water partition coefficient (Wildman–Crippen LogP) is -5.70. The molecule has 0 aliphatic carbocycles. The van der Waals surface area contributed by atoms with Crippen LogP contribution >= 0.6 is 0 Å². The highest BCUT2D eigenvalue weighted by atomic mass is 32.3. The van der Waals surface area contributed by atoms with Gasteiger partial charge in [-0.2, -0.15) is 54.7 Å². The average molecular weight is 681 g/mol. The van der Waals surface area contributed by atoms with Crippen LogP contribution in [0.3, 0.4) is 0 Å². The van der Waals surface area contributed by atoms with E-state index in [1.165, 1.54) is 0 Å². The molecule has 0 atom stereocenters. The minimum absolute atomic E-state index is 2.61. The molecule has 0 amide bonds. The lowest BCUT2D eigenvalue weighted by atomic mass is 10.3. The van der Waals surface area contributed by atoms with Crippen molar-refractivity contribution in [1.29, 1.82) is 0 Å². The second-order valence-corrected chi connectivity index (χ2v) is 14.2. The maximum Gasteiger partial charge on any atom is 0.449 e. The molecule has 8 N–H and O–H groups in total. The Morgan fingerprint density at radius 2 is 0.639 bits per heavy atom. The van der Waals surface area contributed by atoms with Crippen molar-refractivity contribution in [1.82, 2.24) is 0 Å². The smallest absolute Gasteiger partial charge is 0.322 e. The first-order valence-electron chi connectivity index (χ1n) is 6.34. The Hall–Kier alpha value is -1.53. The molecule has 0 aromatic heterocycles. The van der Waals surface area contributed by atoms with E-state index in [2.05, 4.69) is 8.37 Å². The van der Waals surface area contributed by atoms with Crippen molar-refractivity contribution in [2.45, 2.75) is 8.16 Å². The summed E-state index contributed by atoms with van der Waals surface area (Å²) in [5.74, 6) is -8.43. The lowest BCUT2D eigenvalue weighted by Crippen LogP contribution is -2.77. The van der Waals surface area contributed by atoms with E-state index in [4.69, 9.17) is 40.6 Å². The zero-order valence-corrected chi connectivity index (χ0v) is 21.1. The van der Waals surface area contributed by atoms with Crippen LogP contribution in [0.1, 0.15) is 0 Å². The van der Waals surface area contributed by atoms with Crippen LogP contribution in [-0.4, -0.2) is 111 Å². The van der Waals surface area contributed by atoms with Crippen molar-refractivity contribution in [3.63, 3.8) is 0 Å². The average Bonchev–Trinajstić information content (AvgIpc) is 2.41. The van der Waals surface area contributed by atoms with Gasteiger partial charge in [0.2, 0.25) is 0 Å². The van der Waals surface area contributed by atoms with Gasteiger partial charge < -0.3 is 8.37 Å². The Kier molecular flexibility index (Phi) is 10.9. The van der Waals surface area contributed by atoms with E-state index >= 15 is 0 Å². The van der Waals surface area contributed by atoms with Crippen LogP contribution in [0.5, 0.6) is 0 Å². The summed E-state index contributed by atoms with van der Waals surface area (Å²) in [6.07, 6.45) is 0. The highest BCUT2D eigenvalue weighted by Crippen LogP contribution is 2.46. The Balaban J connectivity index is 0. The lowest BCUT2D eigenvalue weighted by molar-refractivity contribution is -0.142. The molecule has 216 valence electrons. The minimum Gasteiger partial charge on any atom is -0.322 e. The summed E-state index contributed by atoms with van der Waals surface area (Å²) >= 11 is -2.61. The topological polar surface area (TPSA) is 436 Å². The van der Waals surface area contributed by atoms with Crippen LogP contribution in [0.2, 0.25) is 0 Å². The van der Waals surface area contributed by atoms with Gasteiger partial charge in [0, 0.05) is 0 Å². The number of carbonyl (C=O) groups is 2. The monoisotopic (exact) mass is 680 g/mol. The van der Waals surface area contributed by atoms with E-state index in [9.17, 15) is 60.1 Å². The van der Waals surface area contributed by atoms with Crippen LogP contribution in [-0.2, 0) is 90.6 Å². The van der Waals surface area contributed by atoms with Crippen molar-refractivity contribution >= 4 is 84.6 Å². The van der Waals surface area contributed by atoms with E-state index in [-0.39, 0.29) is 0 Å². The van der Waals surface area contributed by atoms with Crippen molar-refractivity contribution in [2.24, 2.45) is 0 Å². The number of hydrogen-bond donors (Lipinski definition) is 8. The molecule has 25 nitrogen and oxygen atoms in total. The first-order chi connectivity index (χ1) is 15.2. The fourth-order valence-electron chi connectivity index (χ4n) is 1.94. The third-order valence-corrected chi connectivity index (χ3v) is 11.4. The summed E-state index contributed by atoms with van der Waals surface area (Å²) in [4.78, 5) is 23.9. The molecule has 0 aromatic carbocycles. The zero-order chi connectivity index (χ0) is 30.1. The quantitative estimate of drug-likeness (QED) is 0.0830. The molecule has 36 heavy (non-hydrogen) atoms. The largest absolute Gasteiger partial charge is 0.449 e. The molecule has 32 heteroatoms. The molecule has 0 spiro atoms. The van der Waals surface area contributed by atoms with Gasteiger partial charge in [-0.3, -0.25) is 36.4 Å². The molecule has 0 radical (unpaired) electrons.